The monoisotopic (exact) mass is 339 g/mol. The molecule has 2 heterocycles. The van der Waals surface area contributed by atoms with Crippen LogP contribution in [-0.2, 0) is 5.75 Å². The smallest absolute Gasteiger partial charge is 0.277 e. The van der Waals surface area contributed by atoms with Gasteiger partial charge < -0.3 is 9.40 Å². The lowest BCUT2D eigenvalue weighted by molar-refractivity contribution is 0.101. The Kier molecular flexibility index (Phi) is 5.47. The highest BCUT2D eigenvalue weighted by Crippen LogP contribution is 2.23. The minimum Gasteiger partial charge on any atom is -0.415 e. The van der Waals surface area contributed by atoms with Crippen LogP contribution in [0.2, 0.25) is 0 Å². The van der Waals surface area contributed by atoms with Gasteiger partial charge in [-0.15, -0.1) is 10.2 Å². The standard InChI is InChI=1S/C14H17N3O3S2/c1-7-12(9(3)18)8(2)15-13(7)10(19)5-22-14-17-16-11(20-14)6-21-4/h15H,5-6H2,1-4H3. The minimum atomic E-state index is -0.0947. The van der Waals surface area contributed by atoms with E-state index in [1.54, 1.807) is 25.6 Å². The van der Waals surface area contributed by atoms with Crippen molar-refractivity contribution in [2.45, 2.75) is 31.7 Å². The number of Topliss-reactive ketones (excluding diaryl/α,β-unsaturated/α-hetero) is 2. The first-order chi connectivity index (χ1) is 10.4. The second-order valence-electron chi connectivity index (χ2n) is 4.79. The number of thioether (sulfide) groups is 2. The number of ketones is 2. The number of nitrogens with one attached hydrogen (secondary N) is 1. The van der Waals surface area contributed by atoms with E-state index in [9.17, 15) is 9.59 Å². The van der Waals surface area contributed by atoms with Crippen LogP contribution in [0.3, 0.4) is 0 Å². The molecule has 22 heavy (non-hydrogen) atoms. The van der Waals surface area contributed by atoms with E-state index in [0.717, 1.165) is 5.69 Å². The SMILES string of the molecule is CSCc1nnc(SCC(=O)c2[nH]c(C)c(C(C)=O)c2C)o1. The van der Waals surface area contributed by atoms with E-state index in [4.69, 9.17) is 4.42 Å². The fourth-order valence-electron chi connectivity index (χ4n) is 2.23. The van der Waals surface area contributed by atoms with Gasteiger partial charge in [0.1, 0.15) is 0 Å². The molecule has 2 aromatic heterocycles. The van der Waals surface area contributed by atoms with Crippen molar-refractivity contribution in [2.75, 3.05) is 12.0 Å². The Balaban J connectivity index is 2.06. The summed E-state index contributed by atoms with van der Waals surface area (Å²) in [5.74, 6) is 1.24. The van der Waals surface area contributed by atoms with Crippen molar-refractivity contribution in [1.29, 1.82) is 0 Å². The van der Waals surface area contributed by atoms with E-state index in [2.05, 4.69) is 15.2 Å². The van der Waals surface area contributed by atoms with Crippen molar-refractivity contribution in [3.05, 3.63) is 28.4 Å². The summed E-state index contributed by atoms with van der Waals surface area (Å²) in [6.07, 6.45) is 1.95. The Morgan fingerprint density at radius 3 is 2.59 bits per heavy atom. The highest BCUT2D eigenvalue weighted by Gasteiger charge is 2.20. The number of aromatic amines is 1. The molecule has 8 heteroatoms. The summed E-state index contributed by atoms with van der Waals surface area (Å²) in [5, 5.41) is 8.16. The average Bonchev–Trinajstić information content (AvgIpc) is 3.01. The normalized spacial score (nSPS) is 10.9. The number of hydrogen-bond donors (Lipinski definition) is 1. The molecular weight excluding hydrogens is 322 g/mol. The van der Waals surface area contributed by atoms with E-state index in [1.807, 2.05) is 6.26 Å². The van der Waals surface area contributed by atoms with Gasteiger partial charge in [-0.05, 0) is 32.6 Å². The van der Waals surface area contributed by atoms with Crippen molar-refractivity contribution in [3.63, 3.8) is 0 Å². The Hall–Kier alpha value is -1.54. The van der Waals surface area contributed by atoms with Gasteiger partial charge in [0.05, 0.1) is 17.2 Å². The number of carbonyl (C=O) groups is 2. The first-order valence-electron chi connectivity index (χ1n) is 6.61. The van der Waals surface area contributed by atoms with Crippen LogP contribution in [0.25, 0.3) is 0 Å². The van der Waals surface area contributed by atoms with Crippen molar-refractivity contribution >= 4 is 35.1 Å². The summed E-state index contributed by atoms with van der Waals surface area (Å²) in [7, 11) is 0. The van der Waals surface area contributed by atoms with Crippen LogP contribution < -0.4 is 0 Å². The summed E-state index contributed by atoms with van der Waals surface area (Å²) in [6.45, 7) is 5.07. The molecule has 0 aromatic carbocycles. The zero-order valence-electron chi connectivity index (χ0n) is 12.8. The van der Waals surface area contributed by atoms with Crippen molar-refractivity contribution in [1.82, 2.24) is 15.2 Å². The maximum Gasteiger partial charge on any atom is 0.277 e. The third kappa shape index (κ3) is 3.61. The average molecular weight is 339 g/mol. The second kappa shape index (κ2) is 7.15. The fraction of sp³-hybridized carbons (Fsp3) is 0.429. The van der Waals surface area contributed by atoms with Crippen molar-refractivity contribution in [2.24, 2.45) is 0 Å². The van der Waals surface area contributed by atoms with E-state index in [0.29, 0.717) is 33.7 Å². The highest BCUT2D eigenvalue weighted by atomic mass is 32.2. The number of rotatable bonds is 7. The van der Waals surface area contributed by atoms with E-state index in [-0.39, 0.29) is 17.3 Å². The first kappa shape index (κ1) is 16.8. The number of H-pyrrole nitrogens is 1. The lowest BCUT2D eigenvalue weighted by Gasteiger charge is -1.99. The molecule has 0 aliphatic heterocycles. The molecule has 2 rings (SSSR count). The molecule has 0 saturated heterocycles. The third-order valence-electron chi connectivity index (χ3n) is 3.11. The van der Waals surface area contributed by atoms with Gasteiger partial charge in [-0.25, -0.2) is 0 Å². The van der Waals surface area contributed by atoms with Crippen LogP contribution in [0.1, 0.15) is 44.9 Å². The van der Waals surface area contributed by atoms with Crippen LogP contribution >= 0.6 is 23.5 Å². The van der Waals surface area contributed by atoms with Gasteiger partial charge in [-0.2, -0.15) is 11.8 Å². The molecule has 0 aliphatic rings. The second-order valence-corrected chi connectivity index (χ2v) is 6.58. The van der Waals surface area contributed by atoms with Crippen LogP contribution in [-0.4, -0.2) is 38.8 Å². The first-order valence-corrected chi connectivity index (χ1v) is 8.99. The summed E-state index contributed by atoms with van der Waals surface area (Å²) in [5.41, 5.74) is 2.48. The number of hydrogen-bond acceptors (Lipinski definition) is 7. The largest absolute Gasteiger partial charge is 0.415 e. The lowest BCUT2D eigenvalue weighted by Crippen LogP contribution is -2.05. The molecule has 0 spiro atoms. The Morgan fingerprint density at radius 1 is 1.27 bits per heavy atom. The summed E-state index contributed by atoms with van der Waals surface area (Å²) in [6, 6.07) is 0. The molecule has 0 unspecified atom stereocenters. The Labute approximate surface area is 136 Å². The van der Waals surface area contributed by atoms with Gasteiger partial charge in [0.15, 0.2) is 11.6 Å². The molecule has 118 valence electrons. The number of carbonyl (C=O) groups excluding carboxylic acids is 2. The minimum absolute atomic E-state index is 0.0449. The molecule has 0 amide bonds. The van der Waals surface area contributed by atoms with Gasteiger partial charge in [0.25, 0.3) is 5.22 Å². The molecule has 1 N–H and O–H groups in total. The van der Waals surface area contributed by atoms with Gasteiger partial charge in [-0.1, -0.05) is 11.8 Å². The Bertz CT molecular complexity index is 706. The summed E-state index contributed by atoms with van der Waals surface area (Å²) >= 11 is 2.79. The van der Waals surface area contributed by atoms with Gasteiger partial charge in [0, 0.05) is 11.3 Å². The quantitative estimate of drug-likeness (QED) is 0.612. The number of aromatic nitrogens is 3. The number of nitrogens with zero attached hydrogens (tertiary/aromatic N) is 2. The molecule has 0 radical (unpaired) electrons. The van der Waals surface area contributed by atoms with Crippen molar-refractivity contribution < 1.29 is 14.0 Å². The summed E-state index contributed by atoms with van der Waals surface area (Å²) < 4.78 is 5.41. The zero-order valence-corrected chi connectivity index (χ0v) is 14.5. The maximum atomic E-state index is 12.3. The Morgan fingerprint density at radius 2 is 2.00 bits per heavy atom. The third-order valence-corrected chi connectivity index (χ3v) is 4.47. The van der Waals surface area contributed by atoms with Crippen LogP contribution in [0.4, 0.5) is 0 Å². The zero-order chi connectivity index (χ0) is 16.3. The molecule has 2 aromatic rings. The molecule has 0 saturated carbocycles. The van der Waals surface area contributed by atoms with E-state index in [1.165, 1.54) is 18.7 Å². The number of aryl methyl sites for hydroxylation is 1. The van der Waals surface area contributed by atoms with E-state index < -0.39 is 0 Å². The predicted octanol–water partition coefficient (Wildman–Crippen LogP) is 3.06. The van der Waals surface area contributed by atoms with Gasteiger partial charge >= 0.3 is 0 Å². The van der Waals surface area contributed by atoms with Gasteiger partial charge in [-0.3, -0.25) is 9.59 Å². The van der Waals surface area contributed by atoms with E-state index >= 15 is 0 Å². The molecular formula is C14H17N3O3S2. The van der Waals surface area contributed by atoms with Crippen molar-refractivity contribution in [3.8, 4) is 0 Å². The summed E-state index contributed by atoms with van der Waals surface area (Å²) in [4.78, 5) is 26.9. The lowest BCUT2D eigenvalue weighted by atomic mass is 10.1. The van der Waals surface area contributed by atoms with Crippen LogP contribution in [0, 0.1) is 13.8 Å². The topological polar surface area (TPSA) is 88.9 Å². The molecule has 6 nitrogen and oxygen atoms in total. The molecule has 0 aliphatic carbocycles. The molecule has 0 bridgehead atoms. The maximum absolute atomic E-state index is 12.3. The molecule has 0 atom stereocenters. The van der Waals surface area contributed by atoms with Crippen LogP contribution in [0.15, 0.2) is 9.64 Å². The fourth-order valence-corrected chi connectivity index (χ4v) is 3.25. The van der Waals surface area contributed by atoms with Gasteiger partial charge in [0.2, 0.25) is 5.89 Å². The highest BCUT2D eigenvalue weighted by molar-refractivity contribution is 7.99. The van der Waals surface area contributed by atoms with Crippen LogP contribution in [0.5, 0.6) is 0 Å². The predicted molar refractivity (Wildman–Crippen MR) is 86.8 cm³/mol. The molecule has 0 fully saturated rings.